The number of ether oxygens (including phenoxy) is 5. The third-order valence-corrected chi connectivity index (χ3v) is 13.2. The molecule has 58 heavy (non-hydrogen) atoms. The van der Waals surface area contributed by atoms with Crippen LogP contribution in [0.2, 0.25) is 5.28 Å². The summed E-state index contributed by atoms with van der Waals surface area (Å²) in [6, 6.07) is 0. The molecule has 5 N–H and O–H groups in total. The number of aliphatic hydroxyl groups is 2. The van der Waals surface area contributed by atoms with Gasteiger partial charge in [0.1, 0.15) is 30.7 Å². The molecule has 0 aliphatic carbocycles. The number of anilines is 1. The maximum Gasteiger partial charge on any atom is 0.340 e. The van der Waals surface area contributed by atoms with Crippen molar-refractivity contribution in [2.24, 2.45) is 5.92 Å². The number of likely N-dealkylation sites (tertiary alicyclic amines) is 1. The highest BCUT2D eigenvalue weighted by atomic mass is 35.5. The van der Waals surface area contributed by atoms with Gasteiger partial charge in [-0.15, -0.1) is 6.42 Å². The van der Waals surface area contributed by atoms with Crippen molar-refractivity contribution in [1.29, 1.82) is 0 Å². The molecule has 0 aromatic carbocycles. The minimum atomic E-state index is -4.89. The maximum atomic E-state index is 13.3. The number of hydrogen-bond acceptors (Lipinski definition) is 16. The number of aliphatic hydroxyl groups excluding tert-OH is 2. The topological polar surface area (TPSA) is 278 Å². The highest BCUT2D eigenvalue weighted by molar-refractivity contribution is 7.70. The van der Waals surface area contributed by atoms with Crippen molar-refractivity contribution in [3.63, 3.8) is 0 Å². The number of piperazine rings is 1. The summed E-state index contributed by atoms with van der Waals surface area (Å²) in [6.45, 7) is 4.93. The molecule has 0 bridgehead atoms. The van der Waals surface area contributed by atoms with Crippen molar-refractivity contribution in [1.82, 2.24) is 29.5 Å². The Morgan fingerprint density at radius 3 is 2.21 bits per heavy atom. The van der Waals surface area contributed by atoms with Crippen molar-refractivity contribution < 1.29 is 71.8 Å². The lowest BCUT2D eigenvalue weighted by atomic mass is 10.0. The minimum absolute atomic E-state index is 0.00709. The first-order chi connectivity index (χ1) is 27.7. The smallest absolute Gasteiger partial charge is 0.340 e. The number of aromatic nitrogens is 4. The molecule has 25 heteroatoms. The average Bonchev–Trinajstić information content (AvgIpc) is 3.89. The fraction of sp³-hybridized carbons (Fsp3) is 0.727. The highest BCUT2D eigenvalue weighted by Gasteiger charge is 2.46. The molecule has 3 aliphatic rings. The van der Waals surface area contributed by atoms with E-state index in [1.54, 1.807) is 9.80 Å². The van der Waals surface area contributed by atoms with Gasteiger partial charge in [-0.2, -0.15) is 15.1 Å². The van der Waals surface area contributed by atoms with Crippen molar-refractivity contribution in [2.45, 2.75) is 43.8 Å². The number of hydrogen-bond donors (Lipinski definition) is 5. The second kappa shape index (κ2) is 21.6. The summed E-state index contributed by atoms with van der Waals surface area (Å²) in [7, 11) is -9.64. The summed E-state index contributed by atoms with van der Waals surface area (Å²) in [6.07, 6.45) is 1.88. The second-order valence-corrected chi connectivity index (χ2v) is 18.2. The van der Waals surface area contributed by atoms with Crippen LogP contribution in [0, 0.1) is 18.3 Å². The summed E-state index contributed by atoms with van der Waals surface area (Å²) in [4.78, 5) is 68.0. The summed E-state index contributed by atoms with van der Waals surface area (Å²) >= 11 is 6.31. The lowest BCUT2D eigenvalue weighted by Crippen LogP contribution is -2.49. The van der Waals surface area contributed by atoms with Gasteiger partial charge in [0, 0.05) is 45.7 Å². The molecule has 6 atom stereocenters. The molecule has 3 aliphatic heterocycles. The van der Waals surface area contributed by atoms with Gasteiger partial charge in [0.05, 0.1) is 70.9 Å². The van der Waals surface area contributed by atoms with Crippen molar-refractivity contribution in [3.05, 3.63) is 11.5 Å². The number of nitrogens with zero attached hydrogens (tertiary/aromatic N) is 7. The van der Waals surface area contributed by atoms with Crippen molar-refractivity contribution >= 4 is 55.5 Å². The van der Waals surface area contributed by atoms with E-state index < -0.39 is 52.2 Å². The number of amides is 2. The van der Waals surface area contributed by atoms with E-state index >= 15 is 0 Å². The van der Waals surface area contributed by atoms with E-state index in [1.807, 2.05) is 4.90 Å². The number of rotatable bonds is 22. The fourth-order valence-corrected chi connectivity index (χ4v) is 9.45. The molecule has 2 amide bonds. The van der Waals surface area contributed by atoms with Gasteiger partial charge in [-0.3, -0.25) is 18.7 Å². The Balaban J connectivity index is 1.03. The first-order valence-electron chi connectivity index (χ1n) is 18.6. The molecule has 3 saturated heterocycles. The Bertz CT molecular complexity index is 1820. The summed E-state index contributed by atoms with van der Waals surface area (Å²) < 4.78 is 56.4. The average molecular weight is 882 g/mol. The molecular formula is C33H50ClN7O15P2. The molecule has 0 spiro atoms. The van der Waals surface area contributed by atoms with E-state index in [4.69, 9.17) is 56.0 Å². The van der Waals surface area contributed by atoms with E-state index in [2.05, 4.69) is 21.0 Å². The molecule has 22 nitrogen and oxygen atoms in total. The number of carbonyl (C=O) groups is 2. The first kappa shape index (κ1) is 46.2. The maximum absolute atomic E-state index is 13.3. The first-order valence-corrected chi connectivity index (χ1v) is 22.6. The molecule has 2 aromatic rings. The lowest BCUT2D eigenvalue weighted by Gasteiger charge is -2.36. The monoisotopic (exact) mass is 881 g/mol. The van der Waals surface area contributed by atoms with Gasteiger partial charge >= 0.3 is 15.2 Å². The molecule has 324 valence electrons. The SMILES string of the molecule is C#CCOCCOCCOCCOCCC(=O)N1CCC(CC(=O)N2CCN(c3nc(Cl)nc4c3cnn4[C@@H]3O[C@H](COP(=O)(O)CP(=O)(O)O)[C@@H](O)[C@H]3O)CC2)C1. The van der Waals surface area contributed by atoms with Crippen molar-refractivity contribution in [2.75, 3.05) is 110 Å². The molecule has 0 radical (unpaired) electrons. The third-order valence-electron chi connectivity index (χ3n) is 9.58. The quantitative estimate of drug-likeness (QED) is 0.0428. The van der Waals surface area contributed by atoms with Gasteiger partial charge in [0.15, 0.2) is 17.8 Å². The van der Waals surface area contributed by atoms with Gasteiger partial charge < -0.3 is 67.8 Å². The number of fused-ring (bicyclic) bond motifs is 1. The van der Waals surface area contributed by atoms with Gasteiger partial charge in [-0.1, -0.05) is 5.92 Å². The van der Waals surface area contributed by atoms with Crippen LogP contribution in [0.15, 0.2) is 6.20 Å². The van der Waals surface area contributed by atoms with Crippen LogP contribution in [0.5, 0.6) is 0 Å². The van der Waals surface area contributed by atoms with E-state index in [-0.39, 0.29) is 48.3 Å². The predicted molar refractivity (Wildman–Crippen MR) is 204 cm³/mol. The number of terminal acetylenes is 1. The van der Waals surface area contributed by atoms with Crippen LogP contribution in [0.4, 0.5) is 5.82 Å². The molecule has 0 saturated carbocycles. The Morgan fingerprint density at radius 2 is 1.55 bits per heavy atom. The molecule has 2 unspecified atom stereocenters. The van der Waals surface area contributed by atoms with Gasteiger partial charge in [0.2, 0.25) is 17.1 Å². The van der Waals surface area contributed by atoms with Crippen molar-refractivity contribution in [3.8, 4) is 12.3 Å². The van der Waals surface area contributed by atoms with E-state index in [0.717, 1.165) is 6.42 Å². The summed E-state index contributed by atoms with van der Waals surface area (Å²) in [5, 5.41) is 25.9. The van der Waals surface area contributed by atoms with Crippen LogP contribution in [-0.2, 0) is 46.9 Å². The van der Waals surface area contributed by atoms with Crippen LogP contribution < -0.4 is 4.90 Å². The van der Waals surface area contributed by atoms with E-state index in [0.29, 0.717) is 96.5 Å². The Hall–Kier alpha value is -2.84. The molecule has 5 rings (SSSR count). The van der Waals surface area contributed by atoms with Crippen LogP contribution >= 0.6 is 26.8 Å². The van der Waals surface area contributed by atoms with Crippen LogP contribution in [0.1, 0.15) is 25.5 Å². The molecular weight excluding hydrogens is 832 g/mol. The Kier molecular flexibility index (Phi) is 17.2. The van der Waals surface area contributed by atoms with E-state index in [1.165, 1.54) is 10.9 Å². The predicted octanol–water partition coefficient (Wildman–Crippen LogP) is -0.587. The Labute approximate surface area is 339 Å². The number of carbonyl (C=O) groups excluding carboxylic acids is 2. The summed E-state index contributed by atoms with van der Waals surface area (Å²) in [5.74, 6) is 1.39. The van der Waals surface area contributed by atoms with Crippen LogP contribution in [0.3, 0.4) is 0 Å². The van der Waals surface area contributed by atoms with Gasteiger partial charge in [0.25, 0.3) is 0 Å². The molecule has 5 heterocycles. The molecule has 2 aromatic heterocycles. The van der Waals surface area contributed by atoms with Gasteiger partial charge in [-0.25, -0.2) is 4.68 Å². The zero-order chi connectivity index (χ0) is 41.9. The van der Waals surface area contributed by atoms with Crippen LogP contribution in [-0.4, -0.2) is 189 Å². The zero-order valence-corrected chi connectivity index (χ0v) is 34.2. The number of halogens is 1. The third kappa shape index (κ3) is 13.3. The van der Waals surface area contributed by atoms with E-state index in [9.17, 15) is 33.8 Å². The second-order valence-electron chi connectivity index (χ2n) is 13.8. The van der Waals surface area contributed by atoms with Gasteiger partial charge in [-0.05, 0) is 23.9 Å². The van der Waals surface area contributed by atoms with Crippen LogP contribution in [0.25, 0.3) is 11.0 Å². The largest absolute Gasteiger partial charge is 0.387 e. The Morgan fingerprint density at radius 1 is 0.897 bits per heavy atom. The highest BCUT2D eigenvalue weighted by Crippen LogP contribution is 2.55. The summed E-state index contributed by atoms with van der Waals surface area (Å²) in [5.41, 5.74) is 0.151. The standard InChI is InChI=1S/C33H50ClN7O15P2/c1-2-10-51-12-14-53-16-17-54-15-13-52-11-4-26(42)40-5-3-23(20-40)18-27(43)38-6-8-39(9-7-38)30-24-19-35-41(31(24)37-33(34)36-30)32-29(45)28(44)25(56-32)21-55-58(49,50)22-57(46,47)48/h1,19,23,25,28-29,32,44-45H,3-18,20-22H2,(H,49,50)(H2,46,47,48)/t23?,25-,28-,29-,32-/m1/s1. The zero-order valence-electron chi connectivity index (χ0n) is 31.7. The lowest BCUT2D eigenvalue weighted by molar-refractivity contribution is -0.134. The minimum Gasteiger partial charge on any atom is -0.387 e. The molecule has 3 fully saturated rings. The fourth-order valence-electron chi connectivity index (χ4n) is 6.72. The normalized spacial score (nSPS) is 23.7.